The van der Waals surface area contributed by atoms with Crippen molar-refractivity contribution in [1.82, 2.24) is 4.90 Å². The molecule has 0 saturated carbocycles. The Hall–Kier alpha value is -2.84. The van der Waals surface area contributed by atoms with Gasteiger partial charge in [-0.25, -0.2) is 0 Å². The number of carbonyl (C=O) groups excluding carboxylic acids is 1. The lowest BCUT2D eigenvalue weighted by molar-refractivity contribution is -0.127. The Morgan fingerprint density at radius 2 is 1.38 bits per heavy atom. The number of hydrogen-bond donors (Lipinski definition) is 0. The van der Waals surface area contributed by atoms with Crippen LogP contribution in [0.4, 0.5) is 0 Å². The van der Waals surface area contributed by atoms with Gasteiger partial charge in [-0.05, 0) is 34.9 Å². The molecule has 1 amide bonds. The molecule has 0 aliphatic rings. The summed E-state index contributed by atoms with van der Waals surface area (Å²) in [5.41, 5.74) is 3.12. The Morgan fingerprint density at radius 3 is 1.92 bits per heavy atom. The quantitative estimate of drug-likeness (QED) is 0.524. The average molecular weight is 362 g/mol. The SMILES string of the molecule is O=C(/C=C/c1cccc(Cl)c1)N(Cc1ccccc1)Cc1ccccc1. The summed E-state index contributed by atoms with van der Waals surface area (Å²) < 4.78 is 0. The Kier molecular flexibility index (Phi) is 6.24. The van der Waals surface area contributed by atoms with E-state index >= 15 is 0 Å². The van der Waals surface area contributed by atoms with Crippen molar-refractivity contribution in [1.29, 1.82) is 0 Å². The van der Waals surface area contributed by atoms with Crippen LogP contribution < -0.4 is 0 Å². The molecule has 0 heterocycles. The van der Waals surface area contributed by atoms with Gasteiger partial charge in [0, 0.05) is 24.2 Å². The van der Waals surface area contributed by atoms with E-state index in [4.69, 9.17) is 11.6 Å². The van der Waals surface area contributed by atoms with E-state index in [2.05, 4.69) is 0 Å². The zero-order chi connectivity index (χ0) is 18.2. The van der Waals surface area contributed by atoms with Gasteiger partial charge in [0.15, 0.2) is 0 Å². The van der Waals surface area contributed by atoms with E-state index in [1.807, 2.05) is 89.8 Å². The monoisotopic (exact) mass is 361 g/mol. The number of hydrogen-bond acceptors (Lipinski definition) is 1. The van der Waals surface area contributed by atoms with Gasteiger partial charge < -0.3 is 4.90 Å². The van der Waals surface area contributed by atoms with Crippen LogP contribution in [0, 0.1) is 0 Å². The van der Waals surface area contributed by atoms with Gasteiger partial charge >= 0.3 is 0 Å². The van der Waals surface area contributed by atoms with Gasteiger partial charge in [-0.15, -0.1) is 0 Å². The highest BCUT2D eigenvalue weighted by Gasteiger charge is 2.12. The maximum absolute atomic E-state index is 12.8. The molecule has 0 fully saturated rings. The van der Waals surface area contributed by atoms with Crippen LogP contribution in [-0.4, -0.2) is 10.8 Å². The predicted octanol–water partition coefficient (Wildman–Crippen LogP) is 5.58. The highest BCUT2D eigenvalue weighted by Crippen LogP contribution is 2.14. The summed E-state index contributed by atoms with van der Waals surface area (Å²) in [5.74, 6) is -0.0299. The van der Waals surface area contributed by atoms with E-state index in [1.54, 1.807) is 12.2 Å². The van der Waals surface area contributed by atoms with Gasteiger partial charge in [-0.2, -0.15) is 0 Å². The summed E-state index contributed by atoms with van der Waals surface area (Å²) in [4.78, 5) is 14.7. The van der Waals surface area contributed by atoms with Gasteiger partial charge in [0.25, 0.3) is 0 Å². The minimum atomic E-state index is -0.0299. The second kappa shape index (κ2) is 9.02. The first-order chi connectivity index (χ1) is 12.7. The van der Waals surface area contributed by atoms with Gasteiger partial charge in [-0.3, -0.25) is 4.79 Å². The maximum Gasteiger partial charge on any atom is 0.247 e. The highest BCUT2D eigenvalue weighted by molar-refractivity contribution is 6.30. The van der Waals surface area contributed by atoms with E-state index in [0.717, 1.165) is 16.7 Å². The van der Waals surface area contributed by atoms with Gasteiger partial charge in [0.2, 0.25) is 5.91 Å². The molecule has 26 heavy (non-hydrogen) atoms. The molecule has 0 unspecified atom stereocenters. The van der Waals surface area contributed by atoms with Crippen molar-refractivity contribution in [3.63, 3.8) is 0 Å². The molecule has 0 aliphatic heterocycles. The van der Waals surface area contributed by atoms with Gasteiger partial charge in [0.05, 0.1) is 0 Å². The first-order valence-electron chi connectivity index (χ1n) is 8.51. The molecule has 2 nitrogen and oxygen atoms in total. The molecule has 0 atom stereocenters. The lowest BCUT2D eigenvalue weighted by atomic mass is 10.1. The zero-order valence-electron chi connectivity index (χ0n) is 14.4. The molecule has 3 aromatic rings. The standard InChI is InChI=1S/C23H20ClNO/c24-22-13-7-12-19(16-22)14-15-23(26)25(17-20-8-3-1-4-9-20)18-21-10-5-2-6-11-21/h1-16H,17-18H2/b15-14+. The van der Waals surface area contributed by atoms with Crippen molar-refractivity contribution in [2.24, 2.45) is 0 Å². The molecular formula is C23H20ClNO. The third kappa shape index (κ3) is 5.33. The first kappa shape index (κ1) is 18.0. The summed E-state index contributed by atoms with van der Waals surface area (Å²) in [7, 11) is 0. The number of halogens is 1. The van der Waals surface area contributed by atoms with Crippen LogP contribution in [0.15, 0.2) is 91.0 Å². The van der Waals surface area contributed by atoms with Crippen LogP contribution in [-0.2, 0) is 17.9 Å². The third-order valence-corrected chi connectivity index (χ3v) is 4.25. The second-order valence-corrected chi connectivity index (χ2v) is 6.49. The van der Waals surface area contributed by atoms with E-state index < -0.39 is 0 Å². The molecule has 3 heteroatoms. The van der Waals surface area contributed by atoms with Gasteiger partial charge in [0.1, 0.15) is 0 Å². The van der Waals surface area contributed by atoms with Crippen LogP contribution in [0.1, 0.15) is 16.7 Å². The normalized spacial score (nSPS) is 10.8. The first-order valence-corrected chi connectivity index (χ1v) is 8.89. The third-order valence-electron chi connectivity index (χ3n) is 4.01. The summed E-state index contributed by atoms with van der Waals surface area (Å²) in [6.45, 7) is 1.13. The summed E-state index contributed by atoms with van der Waals surface area (Å²) in [6.07, 6.45) is 3.41. The molecule has 0 radical (unpaired) electrons. The maximum atomic E-state index is 12.8. The van der Waals surface area contributed by atoms with E-state index in [-0.39, 0.29) is 5.91 Å². The number of nitrogens with zero attached hydrogens (tertiary/aromatic N) is 1. The van der Waals surface area contributed by atoms with Crippen LogP contribution in [0.2, 0.25) is 5.02 Å². The van der Waals surface area contributed by atoms with Crippen LogP contribution in [0.3, 0.4) is 0 Å². The largest absolute Gasteiger partial charge is 0.331 e. The molecule has 0 bridgehead atoms. The minimum absolute atomic E-state index is 0.0299. The smallest absolute Gasteiger partial charge is 0.247 e. The van der Waals surface area contributed by atoms with Crippen molar-refractivity contribution >= 4 is 23.6 Å². The molecule has 3 aromatic carbocycles. The van der Waals surface area contributed by atoms with Crippen LogP contribution in [0.5, 0.6) is 0 Å². The van der Waals surface area contributed by atoms with E-state index in [1.165, 1.54) is 0 Å². The molecular weight excluding hydrogens is 342 g/mol. The Morgan fingerprint density at radius 1 is 0.808 bits per heavy atom. The topological polar surface area (TPSA) is 20.3 Å². The molecule has 0 N–H and O–H groups in total. The van der Waals surface area contributed by atoms with Gasteiger partial charge in [-0.1, -0.05) is 84.4 Å². The van der Waals surface area contributed by atoms with E-state index in [9.17, 15) is 4.79 Å². The predicted molar refractivity (Wildman–Crippen MR) is 108 cm³/mol. The fraction of sp³-hybridized carbons (Fsp3) is 0.0870. The molecule has 3 rings (SSSR count). The molecule has 0 spiro atoms. The Labute approximate surface area is 159 Å². The highest BCUT2D eigenvalue weighted by atomic mass is 35.5. The number of benzene rings is 3. The van der Waals surface area contributed by atoms with Crippen molar-refractivity contribution in [2.45, 2.75) is 13.1 Å². The number of amides is 1. The van der Waals surface area contributed by atoms with Crippen LogP contribution >= 0.6 is 11.6 Å². The molecule has 0 aromatic heterocycles. The van der Waals surface area contributed by atoms with Crippen molar-refractivity contribution in [3.8, 4) is 0 Å². The number of rotatable bonds is 6. The lowest BCUT2D eigenvalue weighted by Crippen LogP contribution is -2.28. The van der Waals surface area contributed by atoms with E-state index in [0.29, 0.717) is 18.1 Å². The summed E-state index contributed by atoms with van der Waals surface area (Å²) in [5, 5.41) is 0.657. The summed E-state index contributed by atoms with van der Waals surface area (Å²) in [6, 6.07) is 27.5. The number of carbonyl (C=O) groups is 1. The molecule has 0 aliphatic carbocycles. The van der Waals surface area contributed by atoms with Crippen LogP contribution in [0.25, 0.3) is 6.08 Å². The summed E-state index contributed by atoms with van der Waals surface area (Å²) >= 11 is 6.01. The molecule has 130 valence electrons. The zero-order valence-corrected chi connectivity index (χ0v) is 15.1. The van der Waals surface area contributed by atoms with Crippen molar-refractivity contribution in [3.05, 3.63) is 113 Å². The minimum Gasteiger partial charge on any atom is -0.331 e. The molecule has 0 saturated heterocycles. The Bertz CT molecular complexity index is 833. The fourth-order valence-corrected chi connectivity index (χ4v) is 2.90. The Balaban J connectivity index is 1.78. The lowest BCUT2D eigenvalue weighted by Gasteiger charge is -2.21. The van der Waals surface area contributed by atoms with Crippen molar-refractivity contribution < 1.29 is 4.79 Å². The second-order valence-electron chi connectivity index (χ2n) is 6.05. The van der Waals surface area contributed by atoms with Crippen molar-refractivity contribution in [2.75, 3.05) is 0 Å². The fourth-order valence-electron chi connectivity index (χ4n) is 2.70. The average Bonchev–Trinajstić information content (AvgIpc) is 2.67.